The summed E-state index contributed by atoms with van der Waals surface area (Å²) in [5, 5.41) is 13.6. The maximum absolute atomic E-state index is 12.2. The van der Waals surface area contributed by atoms with Crippen LogP contribution in [-0.2, 0) is 0 Å². The van der Waals surface area contributed by atoms with Crippen LogP contribution in [0.15, 0.2) is 42.6 Å². The van der Waals surface area contributed by atoms with Gasteiger partial charge in [-0.25, -0.2) is 4.98 Å². The fourth-order valence-corrected chi connectivity index (χ4v) is 3.17. The molecule has 1 unspecified atom stereocenters. The third-order valence-corrected chi connectivity index (χ3v) is 4.77. The van der Waals surface area contributed by atoms with Gasteiger partial charge in [-0.3, -0.25) is 14.9 Å². The van der Waals surface area contributed by atoms with Gasteiger partial charge in [0.15, 0.2) is 0 Å². The normalized spacial score (nSPS) is 11.9. The number of thiophene rings is 1. The third-order valence-electron chi connectivity index (χ3n) is 3.54. The van der Waals surface area contributed by atoms with E-state index in [1.165, 1.54) is 23.5 Å². The lowest BCUT2D eigenvalue weighted by Crippen LogP contribution is -2.26. The molecule has 3 rings (SSSR count). The summed E-state index contributed by atoms with van der Waals surface area (Å²) in [7, 11) is 0. The molecule has 0 fully saturated rings. The molecule has 2 N–H and O–H groups in total. The standard InChI is InChI=1S/C16H13ClN4O3S/c1-9(19-16(22)13-6-7-14(17)25-13)12-8-18-15(20-12)10-2-4-11(5-3-10)21(23)24/h2-9H,1H3,(H,18,20)(H,19,22). The Morgan fingerprint density at radius 2 is 2.04 bits per heavy atom. The SMILES string of the molecule is CC(NC(=O)c1ccc(Cl)s1)c1c[nH]c(-c2ccc([N+](=O)[O-])cc2)n1. The largest absolute Gasteiger partial charge is 0.344 e. The van der Waals surface area contributed by atoms with Crippen molar-refractivity contribution < 1.29 is 9.72 Å². The first-order valence-corrected chi connectivity index (χ1v) is 8.50. The monoisotopic (exact) mass is 376 g/mol. The van der Waals surface area contributed by atoms with Crippen LogP contribution in [0.3, 0.4) is 0 Å². The van der Waals surface area contributed by atoms with E-state index >= 15 is 0 Å². The van der Waals surface area contributed by atoms with Gasteiger partial charge in [0.1, 0.15) is 5.82 Å². The molecule has 1 atom stereocenters. The number of benzene rings is 1. The first kappa shape index (κ1) is 17.1. The lowest BCUT2D eigenvalue weighted by Gasteiger charge is -2.10. The van der Waals surface area contributed by atoms with Crippen LogP contribution in [0, 0.1) is 10.1 Å². The molecule has 0 aliphatic rings. The van der Waals surface area contributed by atoms with Gasteiger partial charge in [0.05, 0.1) is 25.9 Å². The number of carbonyl (C=O) groups excluding carboxylic acids is 1. The molecule has 0 spiro atoms. The topological polar surface area (TPSA) is 101 Å². The molecule has 1 aromatic carbocycles. The number of H-pyrrole nitrogens is 1. The number of aromatic nitrogens is 2. The summed E-state index contributed by atoms with van der Waals surface area (Å²) in [5.41, 5.74) is 1.40. The number of nitro groups is 1. The van der Waals surface area contributed by atoms with Crippen LogP contribution in [0.2, 0.25) is 4.34 Å². The van der Waals surface area contributed by atoms with Crippen LogP contribution in [0.5, 0.6) is 0 Å². The van der Waals surface area contributed by atoms with Gasteiger partial charge in [-0.1, -0.05) is 11.6 Å². The predicted molar refractivity (Wildman–Crippen MR) is 95.9 cm³/mol. The molecule has 3 aromatic rings. The summed E-state index contributed by atoms with van der Waals surface area (Å²) < 4.78 is 0.554. The van der Waals surface area contributed by atoms with Gasteiger partial charge in [-0.05, 0) is 31.2 Å². The van der Waals surface area contributed by atoms with Crippen molar-refractivity contribution in [2.24, 2.45) is 0 Å². The van der Waals surface area contributed by atoms with E-state index in [1.54, 1.807) is 30.5 Å². The molecular formula is C16H13ClN4O3S. The number of imidazole rings is 1. The first-order valence-electron chi connectivity index (χ1n) is 7.30. The van der Waals surface area contributed by atoms with Crippen LogP contribution in [-0.4, -0.2) is 20.8 Å². The van der Waals surface area contributed by atoms with Crippen molar-refractivity contribution in [3.8, 4) is 11.4 Å². The molecule has 25 heavy (non-hydrogen) atoms. The number of carbonyl (C=O) groups is 1. The number of aromatic amines is 1. The van der Waals surface area contributed by atoms with E-state index in [-0.39, 0.29) is 17.6 Å². The molecule has 0 saturated carbocycles. The van der Waals surface area contributed by atoms with Crippen LogP contribution in [0.4, 0.5) is 5.69 Å². The van der Waals surface area contributed by atoms with Crippen LogP contribution < -0.4 is 5.32 Å². The van der Waals surface area contributed by atoms with Gasteiger partial charge in [0.25, 0.3) is 11.6 Å². The van der Waals surface area contributed by atoms with Gasteiger partial charge in [0, 0.05) is 23.9 Å². The Bertz CT molecular complexity index is 920. The predicted octanol–water partition coefficient (Wildman–Crippen LogP) is 4.19. The minimum atomic E-state index is -0.453. The number of halogens is 1. The third kappa shape index (κ3) is 3.86. The molecule has 0 aliphatic heterocycles. The minimum Gasteiger partial charge on any atom is -0.344 e. The van der Waals surface area contributed by atoms with E-state index in [0.717, 1.165) is 5.56 Å². The van der Waals surface area contributed by atoms with Gasteiger partial charge >= 0.3 is 0 Å². The highest BCUT2D eigenvalue weighted by Gasteiger charge is 2.16. The number of hydrogen-bond acceptors (Lipinski definition) is 5. The van der Waals surface area contributed by atoms with Crippen molar-refractivity contribution in [2.45, 2.75) is 13.0 Å². The second-order valence-corrected chi connectivity index (χ2v) is 6.99. The van der Waals surface area contributed by atoms with Crippen LogP contribution in [0.1, 0.15) is 28.3 Å². The highest BCUT2D eigenvalue weighted by atomic mass is 35.5. The summed E-state index contributed by atoms with van der Waals surface area (Å²) in [5.74, 6) is 0.356. The zero-order chi connectivity index (χ0) is 18.0. The van der Waals surface area contributed by atoms with E-state index in [0.29, 0.717) is 20.7 Å². The highest BCUT2D eigenvalue weighted by molar-refractivity contribution is 7.17. The lowest BCUT2D eigenvalue weighted by molar-refractivity contribution is -0.384. The first-order chi connectivity index (χ1) is 11.9. The Labute approximate surface area is 151 Å². The Morgan fingerprint density at radius 1 is 1.32 bits per heavy atom. The number of hydrogen-bond donors (Lipinski definition) is 2. The van der Waals surface area contributed by atoms with Crippen molar-refractivity contribution >= 4 is 34.5 Å². The molecular weight excluding hydrogens is 364 g/mol. The lowest BCUT2D eigenvalue weighted by atomic mass is 10.2. The molecule has 128 valence electrons. The van der Waals surface area contributed by atoms with E-state index < -0.39 is 4.92 Å². The van der Waals surface area contributed by atoms with E-state index in [4.69, 9.17) is 11.6 Å². The minimum absolute atomic E-state index is 0.0192. The van der Waals surface area contributed by atoms with Gasteiger partial charge < -0.3 is 10.3 Å². The zero-order valence-electron chi connectivity index (χ0n) is 13.0. The molecule has 2 heterocycles. The fraction of sp³-hybridized carbons (Fsp3) is 0.125. The second-order valence-electron chi connectivity index (χ2n) is 5.28. The average Bonchev–Trinajstić information content (AvgIpc) is 3.24. The second kappa shape index (κ2) is 7.04. The van der Waals surface area contributed by atoms with Crippen LogP contribution >= 0.6 is 22.9 Å². The van der Waals surface area contributed by atoms with Crippen molar-refractivity contribution in [1.82, 2.24) is 15.3 Å². The molecule has 0 saturated heterocycles. The number of rotatable bonds is 5. The maximum atomic E-state index is 12.2. The average molecular weight is 377 g/mol. The van der Waals surface area contributed by atoms with Gasteiger partial charge in [-0.15, -0.1) is 11.3 Å². The van der Waals surface area contributed by atoms with Gasteiger partial charge in [-0.2, -0.15) is 0 Å². The molecule has 2 aromatic heterocycles. The maximum Gasteiger partial charge on any atom is 0.269 e. The fourth-order valence-electron chi connectivity index (χ4n) is 2.22. The summed E-state index contributed by atoms with van der Waals surface area (Å²) in [6.07, 6.45) is 1.70. The van der Waals surface area contributed by atoms with Crippen molar-refractivity contribution in [3.63, 3.8) is 0 Å². The Morgan fingerprint density at radius 3 is 2.64 bits per heavy atom. The number of non-ortho nitro benzene ring substituents is 1. The summed E-state index contributed by atoms with van der Waals surface area (Å²) in [6, 6.07) is 9.12. The molecule has 1 amide bonds. The molecule has 0 radical (unpaired) electrons. The Balaban J connectivity index is 1.72. The molecule has 7 nitrogen and oxygen atoms in total. The Kier molecular flexibility index (Phi) is 4.82. The van der Waals surface area contributed by atoms with Crippen LogP contribution in [0.25, 0.3) is 11.4 Å². The van der Waals surface area contributed by atoms with Crippen molar-refractivity contribution in [2.75, 3.05) is 0 Å². The zero-order valence-corrected chi connectivity index (χ0v) is 14.6. The van der Waals surface area contributed by atoms with E-state index in [9.17, 15) is 14.9 Å². The number of nitrogens with one attached hydrogen (secondary N) is 2. The molecule has 0 aliphatic carbocycles. The van der Waals surface area contributed by atoms with Crippen molar-refractivity contribution in [3.05, 3.63) is 67.6 Å². The highest BCUT2D eigenvalue weighted by Crippen LogP contribution is 2.24. The van der Waals surface area contributed by atoms with E-state index in [1.807, 2.05) is 6.92 Å². The number of amides is 1. The van der Waals surface area contributed by atoms with E-state index in [2.05, 4.69) is 15.3 Å². The Hall–Kier alpha value is -2.71. The molecule has 0 bridgehead atoms. The van der Waals surface area contributed by atoms with Crippen molar-refractivity contribution in [1.29, 1.82) is 0 Å². The summed E-state index contributed by atoms with van der Waals surface area (Å²) >= 11 is 7.05. The number of nitrogens with zero attached hydrogens (tertiary/aromatic N) is 2. The quantitative estimate of drug-likeness (QED) is 0.515. The summed E-state index contributed by atoms with van der Waals surface area (Å²) in [4.78, 5) is 30.4. The number of nitro benzene ring substituents is 1. The summed E-state index contributed by atoms with van der Waals surface area (Å²) in [6.45, 7) is 1.82. The van der Waals surface area contributed by atoms with Gasteiger partial charge in [0.2, 0.25) is 0 Å². The smallest absolute Gasteiger partial charge is 0.269 e. The molecule has 9 heteroatoms.